The molecule has 0 aliphatic carbocycles. The minimum Gasteiger partial charge on any atom is -0.268 e. The van der Waals surface area contributed by atoms with Gasteiger partial charge < -0.3 is 0 Å². The van der Waals surface area contributed by atoms with Crippen LogP contribution in [0.4, 0.5) is 0 Å². The van der Waals surface area contributed by atoms with E-state index < -0.39 is 0 Å². The number of para-hydroxylation sites is 1. The van der Waals surface area contributed by atoms with E-state index in [1.165, 1.54) is 5.56 Å². The molecule has 0 bridgehead atoms. The molecular formula is C20H18N2OS2. The van der Waals surface area contributed by atoms with Crippen molar-refractivity contribution in [2.45, 2.75) is 28.6 Å². The summed E-state index contributed by atoms with van der Waals surface area (Å²) in [6.07, 6.45) is 0.873. The highest BCUT2D eigenvalue weighted by atomic mass is 32.2. The summed E-state index contributed by atoms with van der Waals surface area (Å²) in [6, 6.07) is 20.1. The zero-order chi connectivity index (χ0) is 17.2. The van der Waals surface area contributed by atoms with Gasteiger partial charge in [0, 0.05) is 17.4 Å². The van der Waals surface area contributed by atoms with Crippen LogP contribution in [0.25, 0.3) is 5.69 Å². The summed E-state index contributed by atoms with van der Waals surface area (Å²) in [5.41, 5.74) is 3.11. The second-order valence-corrected chi connectivity index (χ2v) is 8.33. The van der Waals surface area contributed by atoms with Crippen LogP contribution in [0.3, 0.4) is 0 Å². The molecule has 5 heteroatoms. The van der Waals surface area contributed by atoms with Crippen molar-refractivity contribution in [1.82, 2.24) is 9.55 Å². The second kappa shape index (κ2) is 7.10. The van der Waals surface area contributed by atoms with E-state index in [9.17, 15) is 4.79 Å². The molecular weight excluding hydrogens is 348 g/mol. The molecule has 3 aromatic rings. The van der Waals surface area contributed by atoms with Crippen molar-refractivity contribution in [3.63, 3.8) is 0 Å². The summed E-state index contributed by atoms with van der Waals surface area (Å²) < 4.78 is 1.77. The normalized spacial score (nSPS) is 14.3. The standard InChI is InChI=1S/C20H18N2OS2/c1-14(15-8-4-2-5-9-15)25-20-21-17-12-13-24-18(17)19(23)22(20)16-10-6-3-7-11-16/h2-11,14H,12-13H2,1H3. The molecule has 1 aliphatic heterocycles. The third-order valence-electron chi connectivity index (χ3n) is 4.23. The summed E-state index contributed by atoms with van der Waals surface area (Å²) in [6.45, 7) is 2.16. The highest BCUT2D eigenvalue weighted by Crippen LogP contribution is 2.36. The van der Waals surface area contributed by atoms with Crippen LogP contribution >= 0.6 is 23.5 Å². The largest absolute Gasteiger partial charge is 0.272 e. The molecule has 0 radical (unpaired) electrons. The van der Waals surface area contributed by atoms with Crippen LogP contribution in [0.15, 0.2) is 75.5 Å². The summed E-state index contributed by atoms with van der Waals surface area (Å²) in [5.74, 6) is 0.939. The molecule has 4 rings (SSSR count). The van der Waals surface area contributed by atoms with Crippen molar-refractivity contribution < 1.29 is 0 Å². The molecule has 126 valence electrons. The number of benzene rings is 2. The molecule has 1 unspecified atom stereocenters. The van der Waals surface area contributed by atoms with Crippen LogP contribution in [-0.2, 0) is 6.42 Å². The molecule has 0 saturated carbocycles. The van der Waals surface area contributed by atoms with E-state index in [0.717, 1.165) is 33.6 Å². The summed E-state index contributed by atoms with van der Waals surface area (Å²) in [4.78, 5) is 18.8. The van der Waals surface area contributed by atoms with E-state index in [1.807, 2.05) is 48.5 Å². The van der Waals surface area contributed by atoms with Gasteiger partial charge in [-0.25, -0.2) is 4.98 Å². The van der Waals surface area contributed by atoms with E-state index in [4.69, 9.17) is 4.98 Å². The fraction of sp³-hybridized carbons (Fsp3) is 0.200. The Morgan fingerprint density at radius 3 is 2.48 bits per heavy atom. The lowest BCUT2D eigenvalue weighted by molar-refractivity contribution is 0.737. The van der Waals surface area contributed by atoms with E-state index in [-0.39, 0.29) is 10.8 Å². The molecule has 25 heavy (non-hydrogen) atoms. The predicted octanol–water partition coefficient (Wildman–Crippen LogP) is 4.73. The first-order valence-electron chi connectivity index (χ1n) is 8.30. The van der Waals surface area contributed by atoms with Crippen LogP contribution in [0.2, 0.25) is 0 Å². The SMILES string of the molecule is CC(Sc1nc2c(c(=O)n1-c1ccccc1)SCC2)c1ccccc1. The smallest absolute Gasteiger partial charge is 0.268 e. The molecule has 0 spiro atoms. The first kappa shape index (κ1) is 16.5. The monoisotopic (exact) mass is 366 g/mol. The zero-order valence-electron chi connectivity index (χ0n) is 13.9. The Labute approximate surface area is 155 Å². The Hall–Kier alpha value is -1.98. The molecule has 2 aromatic carbocycles. The fourth-order valence-electron chi connectivity index (χ4n) is 2.93. The lowest BCUT2D eigenvalue weighted by Gasteiger charge is -2.17. The molecule has 1 aromatic heterocycles. The Morgan fingerprint density at radius 1 is 1.08 bits per heavy atom. The predicted molar refractivity (Wildman–Crippen MR) is 105 cm³/mol. The van der Waals surface area contributed by atoms with Gasteiger partial charge in [0.15, 0.2) is 5.16 Å². The third-order valence-corrected chi connectivity index (χ3v) is 6.45. The Kier molecular flexibility index (Phi) is 4.68. The quantitative estimate of drug-likeness (QED) is 0.494. The lowest BCUT2D eigenvalue weighted by Crippen LogP contribution is -2.24. The van der Waals surface area contributed by atoms with Gasteiger partial charge >= 0.3 is 0 Å². The van der Waals surface area contributed by atoms with Gasteiger partial charge in [0.2, 0.25) is 0 Å². The van der Waals surface area contributed by atoms with E-state index in [0.29, 0.717) is 0 Å². The molecule has 0 N–H and O–H groups in total. The first-order chi connectivity index (χ1) is 12.2. The number of hydrogen-bond acceptors (Lipinski definition) is 4. The van der Waals surface area contributed by atoms with E-state index in [1.54, 1.807) is 28.1 Å². The van der Waals surface area contributed by atoms with Gasteiger partial charge in [-0.3, -0.25) is 9.36 Å². The minimum absolute atomic E-state index is 0.0569. The number of nitrogens with zero attached hydrogens (tertiary/aromatic N) is 2. The molecule has 3 nitrogen and oxygen atoms in total. The van der Waals surface area contributed by atoms with Crippen molar-refractivity contribution in [2.75, 3.05) is 5.75 Å². The maximum absolute atomic E-state index is 13.1. The van der Waals surface area contributed by atoms with Crippen molar-refractivity contribution in [1.29, 1.82) is 0 Å². The maximum Gasteiger partial charge on any atom is 0.272 e. The van der Waals surface area contributed by atoms with Gasteiger partial charge in [-0.05, 0) is 24.6 Å². The lowest BCUT2D eigenvalue weighted by atomic mass is 10.2. The summed E-state index contributed by atoms with van der Waals surface area (Å²) >= 11 is 3.26. The van der Waals surface area contributed by atoms with E-state index >= 15 is 0 Å². The fourth-order valence-corrected chi connectivity index (χ4v) is 5.02. The molecule has 2 heterocycles. The molecule has 1 atom stereocenters. The Balaban J connectivity index is 1.81. The minimum atomic E-state index is 0.0569. The maximum atomic E-state index is 13.1. The average molecular weight is 367 g/mol. The Morgan fingerprint density at radius 2 is 1.76 bits per heavy atom. The molecule has 0 fully saturated rings. The van der Waals surface area contributed by atoms with Crippen molar-refractivity contribution in [3.8, 4) is 5.69 Å². The third kappa shape index (κ3) is 3.26. The van der Waals surface area contributed by atoms with Gasteiger partial charge in [0.05, 0.1) is 16.3 Å². The van der Waals surface area contributed by atoms with Crippen LogP contribution in [0.1, 0.15) is 23.4 Å². The number of thioether (sulfide) groups is 2. The van der Waals surface area contributed by atoms with Crippen molar-refractivity contribution in [2.24, 2.45) is 0 Å². The van der Waals surface area contributed by atoms with Gasteiger partial charge in [-0.2, -0.15) is 0 Å². The van der Waals surface area contributed by atoms with Crippen LogP contribution < -0.4 is 5.56 Å². The van der Waals surface area contributed by atoms with Crippen molar-refractivity contribution >= 4 is 23.5 Å². The van der Waals surface area contributed by atoms with Gasteiger partial charge in [-0.1, -0.05) is 60.3 Å². The molecule has 0 amide bonds. The number of aryl methyl sites for hydroxylation is 1. The van der Waals surface area contributed by atoms with Crippen LogP contribution in [-0.4, -0.2) is 15.3 Å². The topological polar surface area (TPSA) is 34.9 Å². The average Bonchev–Trinajstić information content (AvgIpc) is 3.12. The van der Waals surface area contributed by atoms with Gasteiger partial charge in [0.1, 0.15) is 0 Å². The van der Waals surface area contributed by atoms with Crippen molar-refractivity contribution in [3.05, 3.63) is 82.3 Å². The van der Waals surface area contributed by atoms with Gasteiger partial charge in [-0.15, -0.1) is 11.8 Å². The zero-order valence-corrected chi connectivity index (χ0v) is 15.5. The highest BCUT2D eigenvalue weighted by Gasteiger charge is 2.23. The number of rotatable bonds is 4. The molecule has 1 aliphatic rings. The summed E-state index contributed by atoms with van der Waals surface area (Å²) in [5, 5.41) is 0.990. The number of aromatic nitrogens is 2. The second-order valence-electron chi connectivity index (χ2n) is 5.92. The van der Waals surface area contributed by atoms with Crippen LogP contribution in [0, 0.1) is 0 Å². The first-order valence-corrected chi connectivity index (χ1v) is 10.2. The van der Waals surface area contributed by atoms with E-state index in [2.05, 4.69) is 19.1 Å². The number of hydrogen-bond donors (Lipinski definition) is 0. The van der Waals surface area contributed by atoms with Gasteiger partial charge in [0.25, 0.3) is 5.56 Å². The molecule has 0 saturated heterocycles. The Bertz CT molecular complexity index is 939. The number of fused-ring (bicyclic) bond motifs is 1. The van der Waals surface area contributed by atoms with Crippen LogP contribution in [0.5, 0.6) is 0 Å². The summed E-state index contributed by atoms with van der Waals surface area (Å²) in [7, 11) is 0. The highest BCUT2D eigenvalue weighted by molar-refractivity contribution is 7.99.